The van der Waals surface area contributed by atoms with E-state index < -0.39 is 0 Å². The van der Waals surface area contributed by atoms with Gasteiger partial charge in [0, 0.05) is 12.2 Å². The molecule has 0 saturated carbocycles. The van der Waals surface area contributed by atoms with Crippen LogP contribution in [0.4, 0.5) is 0 Å². The first-order chi connectivity index (χ1) is 12.7. The molecule has 0 aliphatic carbocycles. The predicted molar refractivity (Wildman–Crippen MR) is 92.2 cm³/mol. The van der Waals surface area contributed by atoms with E-state index in [9.17, 15) is 4.79 Å². The molecule has 1 fully saturated rings. The third-order valence-corrected chi connectivity index (χ3v) is 3.90. The van der Waals surface area contributed by atoms with Gasteiger partial charge in [0.25, 0.3) is 11.8 Å². The molecule has 1 saturated heterocycles. The minimum atomic E-state index is -0.252. The molecular weight excluding hydrogens is 338 g/mol. The van der Waals surface area contributed by atoms with E-state index in [1.54, 1.807) is 18.2 Å². The molecule has 1 aromatic heterocycles. The van der Waals surface area contributed by atoms with Crippen LogP contribution in [0.15, 0.2) is 22.7 Å². The summed E-state index contributed by atoms with van der Waals surface area (Å²) in [6.07, 6.45) is 1.73. The number of carbonyl (C=O) groups is 1. The maximum Gasteiger partial charge on any atom is 0.255 e. The molecule has 0 bridgehead atoms. The van der Waals surface area contributed by atoms with E-state index in [-0.39, 0.29) is 18.6 Å². The molecule has 1 atom stereocenters. The van der Waals surface area contributed by atoms with Gasteiger partial charge in [0.05, 0.1) is 19.8 Å². The van der Waals surface area contributed by atoms with Crippen molar-refractivity contribution in [1.29, 1.82) is 0 Å². The first-order valence-electron chi connectivity index (χ1n) is 8.83. The van der Waals surface area contributed by atoms with E-state index in [0.29, 0.717) is 48.6 Å². The fourth-order valence-electron chi connectivity index (χ4n) is 2.70. The lowest BCUT2D eigenvalue weighted by Gasteiger charge is -2.12. The molecule has 1 aromatic carbocycles. The number of rotatable bonds is 8. The number of nitrogens with zero attached hydrogens (tertiary/aromatic N) is 2. The lowest BCUT2D eigenvalue weighted by Crippen LogP contribution is -2.23. The van der Waals surface area contributed by atoms with Crippen LogP contribution in [0, 0.1) is 0 Å². The molecule has 8 nitrogen and oxygen atoms in total. The standard InChI is InChI=1S/C18H23N3O5/c1-3-23-13-8-7-12(10-15(13)24-4-2)17(22)19-11-16-20-18(26-21-16)14-6-5-9-25-14/h7-8,10,14H,3-6,9,11H2,1-2H3,(H,19,22)/t14-/m0/s1. The van der Waals surface area contributed by atoms with Gasteiger partial charge >= 0.3 is 0 Å². The lowest BCUT2D eigenvalue weighted by molar-refractivity contribution is 0.0835. The Kier molecular flexibility index (Phi) is 6.06. The zero-order chi connectivity index (χ0) is 18.4. The third kappa shape index (κ3) is 4.32. The quantitative estimate of drug-likeness (QED) is 0.772. The predicted octanol–water partition coefficient (Wildman–Crippen LogP) is 2.65. The average Bonchev–Trinajstić information content (AvgIpc) is 3.33. The number of carbonyl (C=O) groups excluding carboxylic acids is 1. The van der Waals surface area contributed by atoms with Gasteiger partial charge < -0.3 is 24.1 Å². The van der Waals surface area contributed by atoms with Crippen LogP contribution in [-0.2, 0) is 11.3 Å². The largest absolute Gasteiger partial charge is 0.490 e. The molecule has 1 aliphatic heterocycles. The van der Waals surface area contributed by atoms with E-state index >= 15 is 0 Å². The second-order valence-electron chi connectivity index (χ2n) is 5.76. The summed E-state index contributed by atoms with van der Waals surface area (Å²) in [5.41, 5.74) is 0.472. The first-order valence-corrected chi connectivity index (χ1v) is 8.83. The molecule has 2 aromatic rings. The van der Waals surface area contributed by atoms with Crippen molar-refractivity contribution in [3.05, 3.63) is 35.5 Å². The van der Waals surface area contributed by atoms with Gasteiger partial charge in [-0.3, -0.25) is 4.79 Å². The minimum Gasteiger partial charge on any atom is -0.490 e. The topological polar surface area (TPSA) is 95.7 Å². The van der Waals surface area contributed by atoms with Crippen molar-refractivity contribution >= 4 is 5.91 Å². The average molecular weight is 361 g/mol. The van der Waals surface area contributed by atoms with Crippen molar-refractivity contribution in [2.75, 3.05) is 19.8 Å². The van der Waals surface area contributed by atoms with E-state index in [0.717, 1.165) is 12.8 Å². The first kappa shape index (κ1) is 18.2. The number of aromatic nitrogens is 2. The molecule has 1 amide bonds. The molecule has 26 heavy (non-hydrogen) atoms. The van der Waals surface area contributed by atoms with E-state index in [2.05, 4.69) is 15.5 Å². The number of nitrogens with one attached hydrogen (secondary N) is 1. The summed E-state index contributed by atoms with van der Waals surface area (Å²) >= 11 is 0. The van der Waals surface area contributed by atoms with E-state index in [4.69, 9.17) is 18.7 Å². The zero-order valence-corrected chi connectivity index (χ0v) is 15.0. The van der Waals surface area contributed by atoms with Gasteiger partial charge in [-0.05, 0) is 44.9 Å². The summed E-state index contributed by atoms with van der Waals surface area (Å²) in [6, 6.07) is 5.09. The summed E-state index contributed by atoms with van der Waals surface area (Å²) < 4.78 is 21.8. The van der Waals surface area contributed by atoms with Gasteiger partial charge in [0.15, 0.2) is 17.3 Å². The molecule has 3 rings (SSSR count). The highest BCUT2D eigenvalue weighted by atomic mass is 16.5. The Hall–Kier alpha value is -2.61. The van der Waals surface area contributed by atoms with Crippen LogP contribution in [0.1, 0.15) is 54.9 Å². The molecule has 8 heteroatoms. The number of amides is 1. The summed E-state index contributed by atoms with van der Waals surface area (Å²) in [4.78, 5) is 16.7. The van der Waals surface area contributed by atoms with Crippen LogP contribution < -0.4 is 14.8 Å². The van der Waals surface area contributed by atoms with Gasteiger partial charge in [-0.25, -0.2) is 0 Å². The van der Waals surface area contributed by atoms with Crippen LogP contribution in [0.25, 0.3) is 0 Å². The normalized spacial score (nSPS) is 16.5. The van der Waals surface area contributed by atoms with Crippen molar-refractivity contribution in [1.82, 2.24) is 15.5 Å². The van der Waals surface area contributed by atoms with E-state index in [1.165, 1.54) is 0 Å². The second-order valence-corrected chi connectivity index (χ2v) is 5.76. The lowest BCUT2D eigenvalue weighted by atomic mass is 10.2. The van der Waals surface area contributed by atoms with Crippen LogP contribution in [0.5, 0.6) is 11.5 Å². The molecule has 1 aliphatic rings. The Labute approximate surface area is 151 Å². The highest BCUT2D eigenvalue weighted by Gasteiger charge is 2.24. The molecule has 0 radical (unpaired) electrons. The molecule has 0 unspecified atom stereocenters. The van der Waals surface area contributed by atoms with Crippen LogP contribution in [0.2, 0.25) is 0 Å². The fraction of sp³-hybridized carbons (Fsp3) is 0.500. The number of hydrogen-bond donors (Lipinski definition) is 1. The summed E-state index contributed by atoms with van der Waals surface area (Å²) in [5.74, 6) is 1.79. The SMILES string of the molecule is CCOc1ccc(C(=O)NCc2noc([C@@H]3CCCO3)n2)cc1OCC. The molecule has 1 N–H and O–H groups in total. The molecule has 2 heterocycles. The van der Waals surface area contributed by atoms with Crippen molar-refractivity contribution in [2.24, 2.45) is 0 Å². The van der Waals surface area contributed by atoms with Crippen molar-refractivity contribution < 1.29 is 23.5 Å². The summed E-state index contributed by atoms with van der Waals surface area (Å²) in [7, 11) is 0. The Morgan fingerprint density at radius 3 is 2.81 bits per heavy atom. The molecule has 140 valence electrons. The van der Waals surface area contributed by atoms with Gasteiger partial charge in [-0.2, -0.15) is 4.98 Å². The number of benzene rings is 1. The van der Waals surface area contributed by atoms with Gasteiger partial charge in [-0.1, -0.05) is 5.16 Å². The molecule has 0 spiro atoms. The maximum absolute atomic E-state index is 12.4. The van der Waals surface area contributed by atoms with Crippen molar-refractivity contribution in [2.45, 2.75) is 39.3 Å². The smallest absolute Gasteiger partial charge is 0.255 e. The van der Waals surface area contributed by atoms with Gasteiger partial charge in [0.1, 0.15) is 6.10 Å². The van der Waals surface area contributed by atoms with Crippen LogP contribution in [-0.4, -0.2) is 35.9 Å². The Balaban J connectivity index is 1.61. The number of hydrogen-bond acceptors (Lipinski definition) is 7. The minimum absolute atomic E-state index is 0.133. The van der Waals surface area contributed by atoms with Gasteiger partial charge in [-0.15, -0.1) is 0 Å². The van der Waals surface area contributed by atoms with Crippen LogP contribution in [0.3, 0.4) is 0 Å². The second kappa shape index (κ2) is 8.66. The zero-order valence-electron chi connectivity index (χ0n) is 15.0. The van der Waals surface area contributed by atoms with Crippen molar-refractivity contribution in [3.63, 3.8) is 0 Å². The Morgan fingerprint density at radius 1 is 1.27 bits per heavy atom. The number of ether oxygens (including phenoxy) is 3. The Morgan fingerprint density at radius 2 is 2.08 bits per heavy atom. The third-order valence-electron chi connectivity index (χ3n) is 3.90. The Bertz CT molecular complexity index is 740. The highest BCUT2D eigenvalue weighted by Crippen LogP contribution is 2.29. The fourth-order valence-corrected chi connectivity index (χ4v) is 2.70. The maximum atomic E-state index is 12.4. The highest BCUT2D eigenvalue weighted by molar-refractivity contribution is 5.94. The van der Waals surface area contributed by atoms with Crippen molar-refractivity contribution in [3.8, 4) is 11.5 Å². The molecular formula is C18H23N3O5. The van der Waals surface area contributed by atoms with Gasteiger partial charge in [0.2, 0.25) is 0 Å². The summed E-state index contributed by atoms with van der Waals surface area (Å²) in [6.45, 7) is 5.66. The summed E-state index contributed by atoms with van der Waals surface area (Å²) in [5, 5.41) is 6.67. The monoisotopic (exact) mass is 361 g/mol. The van der Waals surface area contributed by atoms with Crippen LogP contribution >= 0.6 is 0 Å². The van der Waals surface area contributed by atoms with E-state index in [1.807, 2.05) is 13.8 Å².